The number of hydrogen-bond donors (Lipinski definition) is 0. The van der Waals surface area contributed by atoms with Crippen molar-refractivity contribution in [2.24, 2.45) is 0 Å². The van der Waals surface area contributed by atoms with Crippen molar-refractivity contribution < 1.29 is 28.6 Å². The molecular weight excluding hydrogens is 1010 g/mol. The van der Waals surface area contributed by atoms with Crippen LogP contribution in [0, 0.1) is 0 Å². The molecule has 1 unspecified atom stereocenters. The van der Waals surface area contributed by atoms with E-state index >= 15 is 0 Å². The van der Waals surface area contributed by atoms with E-state index in [1.165, 1.54) is 218 Å². The third kappa shape index (κ3) is 67.4. The minimum absolute atomic E-state index is 0.0765. The van der Waals surface area contributed by atoms with Crippen LogP contribution in [0.3, 0.4) is 0 Å². The molecule has 0 saturated heterocycles. The Morgan fingerprint density at radius 2 is 0.476 bits per heavy atom. The Kier molecular flexibility index (Phi) is 67.2. The molecule has 0 amide bonds. The van der Waals surface area contributed by atoms with E-state index in [1.54, 1.807) is 0 Å². The topological polar surface area (TPSA) is 78.9 Å². The zero-order chi connectivity index (χ0) is 59.2. The van der Waals surface area contributed by atoms with Crippen LogP contribution >= 0.6 is 0 Å². The highest BCUT2D eigenvalue weighted by Crippen LogP contribution is 2.18. The molecule has 0 radical (unpaired) electrons. The summed E-state index contributed by atoms with van der Waals surface area (Å²) in [7, 11) is 0. The Bertz CT molecular complexity index is 1550. The maximum Gasteiger partial charge on any atom is 0.306 e. The van der Waals surface area contributed by atoms with Crippen LogP contribution < -0.4 is 0 Å². The molecule has 0 aromatic carbocycles. The van der Waals surface area contributed by atoms with Gasteiger partial charge in [0.05, 0.1) is 0 Å². The predicted octanol–water partition coefficient (Wildman–Crippen LogP) is 24.6. The number of rotatable bonds is 65. The fourth-order valence-electron chi connectivity index (χ4n) is 10.3. The largest absolute Gasteiger partial charge is 0.462 e. The standard InChI is InChI=1S/C76H134O6/c1-4-7-10-13-16-19-22-24-26-28-30-32-33-34-35-36-37-38-39-40-41-42-43-45-46-48-50-52-54-57-60-63-66-69-75(78)81-72-73(71-80-74(77)68-65-62-59-56-21-18-15-12-9-6-3)82-76(79)70-67-64-61-58-55-53-51-49-47-44-31-29-27-25-23-20-17-14-11-8-5-2/h7,10,16,19,23-26,29-32,47,49,73H,4-6,8-9,11-15,17-18,20-22,27-28,33-46,48,50-72H2,1-3H3/b10-7-,19-16-,25-23-,26-24-,31-29-,32-30-,49-47-. The Hall–Kier alpha value is -3.41. The summed E-state index contributed by atoms with van der Waals surface area (Å²) in [5, 5.41) is 0. The fraction of sp³-hybridized carbons (Fsp3) is 0.776. The summed E-state index contributed by atoms with van der Waals surface area (Å²) in [6, 6.07) is 0. The first-order valence-electron chi connectivity index (χ1n) is 35.6. The number of allylic oxidation sites excluding steroid dienone is 14. The van der Waals surface area contributed by atoms with Crippen molar-refractivity contribution >= 4 is 17.9 Å². The number of carbonyl (C=O) groups excluding carboxylic acids is 3. The molecule has 1 atom stereocenters. The summed E-state index contributed by atoms with van der Waals surface area (Å²) in [6.07, 6.45) is 93.4. The van der Waals surface area contributed by atoms with Gasteiger partial charge in [-0.1, -0.05) is 331 Å². The zero-order valence-electron chi connectivity index (χ0n) is 54.5. The van der Waals surface area contributed by atoms with Crippen molar-refractivity contribution in [3.63, 3.8) is 0 Å². The van der Waals surface area contributed by atoms with Gasteiger partial charge in [-0.3, -0.25) is 14.4 Å². The molecule has 0 aliphatic rings. The van der Waals surface area contributed by atoms with E-state index in [0.29, 0.717) is 19.3 Å². The molecule has 0 heterocycles. The van der Waals surface area contributed by atoms with E-state index in [0.717, 1.165) is 103 Å². The van der Waals surface area contributed by atoms with Crippen LogP contribution in [0.4, 0.5) is 0 Å². The fourth-order valence-corrected chi connectivity index (χ4v) is 10.3. The first kappa shape index (κ1) is 78.6. The smallest absolute Gasteiger partial charge is 0.306 e. The van der Waals surface area contributed by atoms with Gasteiger partial charge in [-0.05, 0) is 96.3 Å². The third-order valence-corrected chi connectivity index (χ3v) is 15.6. The van der Waals surface area contributed by atoms with Gasteiger partial charge in [0.1, 0.15) is 13.2 Å². The van der Waals surface area contributed by atoms with Crippen molar-refractivity contribution in [1.82, 2.24) is 0 Å². The van der Waals surface area contributed by atoms with Gasteiger partial charge >= 0.3 is 17.9 Å². The minimum atomic E-state index is -0.780. The Morgan fingerprint density at radius 3 is 0.744 bits per heavy atom. The van der Waals surface area contributed by atoms with Crippen LogP contribution in [0.2, 0.25) is 0 Å². The number of carbonyl (C=O) groups is 3. The van der Waals surface area contributed by atoms with Gasteiger partial charge in [-0.15, -0.1) is 0 Å². The maximum atomic E-state index is 12.9. The quantitative estimate of drug-likeness (QED) is 0.0261. The van der Waals surface area contributed by atoms with Gasteiger partial charge in [-0.25, -0.2) is 0 Å². The third-order valence-electron chi connectivity index (χ3n) is 15.6. The van der Waals surface area contributed by atoms with Crippen LogP contribution in [-0.2, 0) is 28.6 Å². The van der Waals surface area contributed by atoms with E-state index in [9.17, 15) is 14.4 Å². The van der Waals surface area contributed by atoms with E-state index in [2.05, 4.69) is 106 Å². The summed E-state index contributed by atoms with van der Waals surface area (Å²) in [5.41, 5.74) is 0. The number of esters is 3. The molecule has 0 rings (SSSR count). The van der Waals surface area contributed by atoms with Crippen molar-refractivity contribution in [3.05, 3.63) is 85.1 Å². The molecule has 0 fully saturated rings. The molecule has 0 aromatic heterocycles. The molecule has 6 nitrogen and oxygen atoms in total. The highest BCUT2D eigenvalue weighted by molar-refractivity contribution is 5.71. The zero-order valence-corrected chi connectivity index (χ0v) is 54.5. The SMILES string of the molecule is CC/C=C\C/C=C\C/C=C\C/C=C\CCCCCCCCCCCCCCCCCCCCCCC(=O)OCC(COC(=O)CCCCCCCCCCCC)OC(=O)CCCCCCCC/C=C\C/C=C\C/C=C\CCCCCCC. The molecule has 0 spiro atoms. The second-order valence-corrected chi connectivity index (χ2v) is 23.8. The van der Waals surface area contributed by atoms with Gasteiger partial charge in [-0.2, -0.15) is 0 Å². The molecule has 0 N–H and O–H groups in total. The van der Waals surface area contributed by atoms with Crippen molar-refractivity contribution in [1.29, 1.82) is 0 Å². The van der Waals surface area contributed by atoms with Gasteiger partial charge in [0.2, 0.25) is 0 Å². The second kappa shape index (κ2) is 70.1. The highest BCUT2D eigenvalue weighted by atomic mass is 16.6. The average Bonchev–Trinajstić information content (AvgIpc) is 3.48. The van der Waals surface area contributed by atoms with Crippen molar-refractivity contribution in [3.8, 4) is 0 Å². The lowest BCUT2D eigenvalue weighted by Crippen LogP contribution is -2.30. The van der Waals surface area contributed by atoms with Gasteiger partial charge in [0.25, 0.3) is 0 Å². The van der Waals surface area contributed by atoms with Crippen LogP contribution in [-0.4, -0.2) is 37.2 Å². The molecule has 0 saturated carbocycles. The van der Waals surface area contributed by atoms with E-state index in [1.807, 2.05) is 0 Å². The molecule has 0 aliphatic carbocycles. The molecule has 474 valence electrons. The Balaban J connectivity index is 4.12. The van der Waals surface area contributed by atoms with Crippen molar-refractivity contribution in [2.45, 2.75) is 367 Å². The molecule has 82 heavy (non-hydrogen) atoms. The lowest BCUT2D eigenvalue weighted by molar-refractivity contribution is -0.167. The number of unbranched alkanes of at least 4 members (excludes halogenated alkanes) is 40. The minimum Gasteiger partial charge on any atom is -0.462 e. The normalized spacial score (nSPS) is 12.6. The summed E-state index contributed by atoms with van der Waals surface area (Å²) in [4.78, 5) is 38.3. The summed E-state index contributed by atoms with van der Waals surface area (Å²) >= 11 is 0. The van der Waals surface area contributed by atoms with Gasteiger partial charge < -0.3 is 14.2 Å². The molecular formula is C76H134O6. The first-order valence-corrected chi connectivity index (χ1v) is 35.6. The van der Waals surface area contributed by atoms with Crippen LogP contribution in [0.5, 0.6) is 0 Å². The molecule has 0 aliphatic heterocycles. The van der Waals surface area contributed by atoms with Crippen LogP contribution in [0.15, 0.2) is 85.1 Å². The number of hydrogen-bond acceptors (Lipinski definition) is 6. The van der Waals surface area contributed by atoms with Gasteiger partial charge in [0.15, 0.2) is 6.10 Å². The monoisotopic (exact) mass is 1140 g/mol. The van der Waals surface area contributed by atoms with Crippen LogP contribution in [0.1, 0.15) is 361 Å². The lowest BCUT2D eigenvalue weighted by atomic mass is 10.0. The highest BCUT2D eigenvalue weighted by Gasteiger charge is 2.19. The Labute approximate surface area is 509 Å². The Morgan fingerprint density at radius 1 is 0.256 bits per heavy atom. The molecule has 0 bridgehead atoms. The summed E-state index contributed by atoms with van der Waals surface area (Å²) in [6.45, 7) is 6.54. The van der Waals surface area contributed by atoms with Crippen molar-refractivity contribution in [2.75, 3.05) is 13.2 Å². The second-order valence-electron chi connectivity index (χ2n) is 23.8. The maximum absolute atomic E-state index is 12.9. The average molecular weight is 1140 g/mol. The molecule has 6 heteroatoms. The lowest BCUT2D eigenvalue weighted by Gasteiger charge is -2.18. The van der Waals surface area contributed by atoms with Crippen LogP contribution in [0.25, 0.3) is 0 Å². The first-order chi connectivity index (χ1) is 40.5. The predicted molar refractivity (Wildman–Crippen MR) is 358 cm³/mol. The van der Waals surface area contributed by atoms with E-state index in [-0.39, 0.29) is 31.1 Å². The molecule has 0 aromatic rings. The summed E-state index contributed by atoms with van der Waals surface area (Å²) < 4.78 is 16.9. The van der Waals surface area contributed by atoms with E-state index < -0.39 is 6.10 Å². The summed E-state index contributed by atoms with van der Waals surface area (Å²) in [5.74, 6) is -0.871. The number of ether oxygens (including phenoxy) is 3. The van der Waals surface area contributed by atoms with E-state index in [4.69, 9.17) is 14.2 Å². The van der Waals surface area contributed by atoms with Gasteiger partial charge in [0, 0.05) is 19.3 Å².